The number of carbonyl (C=O) groups excluding carboxylic acids is 2. The molecule has 7 heteroatoms. The van der Waals surface area contributed by atoms with Crippen molar-refractivity contribution in [2.75, 3.05) is 24.7 Å². The second-order valence-electron chi connectivity index (χ2n) is 6.25. The van der Waals surface area contributed by atoms with E-state index in [1.807, 2.05) is 24.3 Å². The van der Waals surface area contributed by atoms with E-state index in [0.717, 1.165) is 11.3 Å². The van der Waals surface area contributed by atoms with Crippen LogP contribution in [0.4, 0.5) is 11.4 Å². The lowest BCUT2D eigenvalue weighted by molar-refractivity contribution is -0.128. The van der Waals surface area contributed by atoms with Crippen LogP contribution in [0.15, 0.2) is 42.5 Å². The Morgan fingerprint density at radius 2 is 2.04 bits per heavy atom. The van der Waals surface area contributed by atoms with Gasteiger partial charge in [0.1, 0.15) is 5.75 Å². The molecule has 2 aromatic rings. The highest BCUT2D eigenvalue weighted by atomic mass is 35.5. The van der Waals surface area contributed by atoms with Crippen LogP contribution in [0.2, 0.25) is 5.02 Å². The Hall–Kier alpha value is -2.73. The fourth-order valence-electron chi connectivity index (χ4n) is 2.90. The monoisotopic (exact) mass is 373 g/mol. The van der Waals surface area contributed by atoms with E-state index in [1.165, 1.54) is 0 Å². The summed E-state index contributed by atoms with van der Waals surface area (Å²) >= 11 is 5.97. The third kappa shape index (κ3) is 4.08. The number of rotatable bonds is 5. The van der Waals surface area contributed by atoms with E-state index >= 15 is 0 Å². The summed E-state index contributed by atoms with van der Waals surface area (Å²) in [6.45, 7) is 0.861. The van der Waals surface area contributed by atoms with Crippen molar-refractivity contribution in [2.45, 2.75) is 13.0 Å². The van der Waals surface area contributed by atoms with Crippen molar-refractivity contribution in [3.8, 4) is 5.75 Å². The maximum absolute atomic E-state index is 12.5. The normalized spacial score (nSPS) is 16.6. The third-order valence-electron chi connectivity index (χ3n) is 4.39. The summed E-state index contributed by atoms with van der Waals surface area (Å²) in [6, 6.07) is 12.4. The number of nitrogens with two attached hydrogens (primary N) is 1. The van der Waals surface area contributed by atoms with Crippen molar-refractivity contribution in [2.24, 2.45) is 5.92 Å². The molecule has 1 aliphatic rings. The zero-order chi connectivity index (χ0) is 18.7. The molecule has 26 heavy (non-hydrogen) atoms. The maximum atomic E-state index is 12.5. The molecular weight excluding hydrogens is 354 g/mol. The Morgan fingerprint density at radius 3 is 2.69 bits per heavy atom. The number of methoxy groups -OCH3 is 1. The molecule has 1 saturated heterocycles. The molecule has 0 aliphatic carbocycles. The predicted octanol–water partition coefficient (Wildman–Crippen LogP) is 2.92. The van der Waals surface area contributed by atoms with Gasteiger partial charge in [-0.3, -0.25) is 9.59 Å². The minimum absolute atomic E-state index is 0.0312. The molecule has 0 aromatic heterocycles. The minimum Gasteiger partial charge on any atom is -0.497 e. The Bertz CT molecular complexity index is 823. The van der Waals surface area contributed by atoms with Crippen LogP contribution < -0.4 is 15.8 Å². The highest BCUT2D eigenvalue weighted by Gasteiger charge is 2.34. The lowest BCUT2D eigenvalue weighted by Gasteiger charge is -2.17. The number of hydrogen-bond acceptors (Lipinski definition) is 4. The fraction of sp³-hybridized carbons (Fsp3) is 0.263. The number of nitrogen functional groups attached to an aromatic ring is 1. The second-order valence-corrected chi connectivity index (χ2v) is 6.66. The van der Waals surface area contributed by atoms with Gasteiger partial charge >= 0.3 is 0 Å². The summed E-state index contributed by atoms with van der Waals surface area (Å²) in [5.41, 5.74) is 7.67. The zero-order valence-corrected chi connectivity index (χ0v) is 15.1. The van der Waals surface area contributed by atoms with Gasteiger partial charge in [0, 0.05) is 25.2 Å². The van der Waals surface area contributed by atoms with E-state index in [1.54, 1.807) is 30.2 Å². The van der Waals surface area contributed by atoms with E-state index in [2.05, 4.69) is 5.32 Å². The van der Waals surface area contributed by atoms with Gasteiger partial charge in [-0.15, -0.1) is 0 Å². The minimum atomic E-state index is -0.392. The van der Waals surface area contributed by atoms with Gasteiger partial charge in [-0.25, -0.2) is 0 Å². The average Bonchev–Trinajstić information content (AvgIpc) is 3.00. The number of anilines is 2. The molecule has 0 spiro atoms. The molecule has 1 unspecified atom stereocenters. The number of hydrogen-bond donors (Lipinski definition) is 2. The quantitative estimate of drug-likeness (QED) is 0.789. The Morgan fingerprint density at radius 1 is 1.31 bits per heavy atom. The highest BCUT2D eigenvalue weighted by Crippen LogP contribution is 2.25. The molecule has 0 bridgehead atoms. The van der Waals surface area contributed by atoms with Gasteiger partial charge in [0.25, 0.3) is 0 Å². The van der Waals surface area contributed by atoms with Crippen LogP contribution >= 0.6 is 11.6 Å². The first kappa shape index (κ1) is 18.1. The van der Waals surface area contributed by atoms with E-state index in [-0.39, 0.29) is 18.2 Å². The van der Waals surface area contributed by atoms with Crippen molar-refractivity contribution in [3.05, 3.63) is 53.1 Å². The maximum Gasteiger partial charge on any atom is 0.229 e. The Kier molecular flexibility index (Phi) is 5.32. The van der Waals surface area contributed by atoms with Crippen LogP contribution in [0.25, 0.3) is 0 Å². The third-order valence-corrected chi connectivity index (χ3v) is 4.71. The molecule has 3 N–H and O–H groups in total. The summed E-state index contributed by atoms with van der Waals surface area (Å²) in [6.07, 6.45) is 0.199. The number of amides is 2. The zero-order valence-electron chi connectivity index (χ0n) is 14.4. The number of benzene rings is 2. The predicted molar refractivity (Wildman–Crippen MR) is 101 cm³/mol. The summed E-state index contributed by atoms with van der Waals surface area (Å²) in [4.78, 5) is 26.4. The molecule has 1 fully saturated rings. The lowest BCUT2D eigenvalue weighted by Crippen LogP contribution is -2.28. The van der Waals surface area contributed by atoms with Crippen molar-refractivity contribution in [1.82, 2.24) is 4.90 Å². The lowest BCUT2D eigenvalue weighted by atomic mass is 10.1. The van der Waals surface area contributed by atoms with Crippen molar-refractivity contribution < 1.29 is 14.3 Å². The average molecular weight is 374 g/mol. The summed E-state index contributed by atoms with van der Waals surface area (Å²) in [7, 11) is 1.61. The molecule has 1 atom stereocenters. The summed E-state index contributed by atoms with van der Waals surface area (Å²) < 4.78 is 5.13. The molecule has 1 aliphatic heterocycles. The van der Waals surface area contributed by atoms with Gasteiger partial charge < -0.3 is 20.7 Å². The molecule has 1 heterocycles. The number of ether oxygens (including phenoxy) is 1. The number of likely N-dealkylation sites (tertiary alicyclic amines) is 1. The van der Waals surface area contributed by atoms with Gasteiger partial charge in [-0.1, -0.05) is 23.7 Å². The van der Waals surface area contributed by atoms with E-state index in [0.29, 0.717) is 29.5 Å². The van der Waals surface area contributed by atoms with Crippen LogP contribution in [0.3, 0.4) is 0 Å². The van der Waals surface area contributed by atoms with Gasteiger partial charge in [0.2, 0.25) is 11.8 Å². The molecule has 2 amide bonds. The smallest absolute Gasteiger partial charge is 0.229 e. The van der Waals surface area contributed by atoms with Crippen LogP contribution in [-0.2, 0) is 16.1 Å². The van der Waals surface area contributed by atoms with E-state index in [4.69, 9.17) is 22.1 Å². The van der Waals surface area contributed by atoms with Gasteiger partial charge in [0.05, 0.1) is 23.7 Å². The van der Waals surface area contributed by atoms with Crippen LogP contribution in [0.5, 0.6) is 5.75 Å². The SMILES string of the molecule is COc1ccc(CN2CC(C(=O)Nc3ccc(N)c(Cl)c3)CC2=O)cc1. The van der Waals surface area contributed by atoms with Crippen LogP contribution in [0.1, 0.15) is 12.0 Å². The fourth-order valence-corrected chi connectivity index (χ4v) is 3.08. The van der Waals surface area contributed by atoms with E-state index in [9.17, 15) is 9.59 Å². The van der Waals surface area contributed by atoms with Gasteiger partial charge in [0.15, 0.2) is 0 Å². The number of halogens is 1. The first-order valence-corrected chi connectivity index (χ1v) is 8.60. The summed E-state index contributed by atoms with van der Waals surface area (Å²) in [5, 5.41) is 3.18. The van der Waals surface area contributed by atoms with Crippen LogP contribution in [0, 0.1) is 5.92 Å². The number of nitrogens with zero attached hydrogens (tertiary/aromatic N) is 1. The molecule has 136 valence electrons. The molecule has 2 aromatic carbocycles. The van der Waals surface area contributed by atoms with E-state index < -0.39 is 5.92 Å². The van der Waals surface area contributed by atoms with Gasteiger partial charge in [-0.2, -0.15) is 0 Å². The number of nitrogens with one attached hydrogen (secondary N) is 1. The number of carbonyl (C=O) groups is 2. The topological polar surface area (TPSA) is 84.7 Å². The van der Waals surface area contributed by atoms with Gasteiger partial charge in [-0.05, 0) is 35.9 Å². The summed E-state index contributed by atoms with van der Waals surface area (Å²) in [5.74, 6) is 0.144. The van der Waals surface area contributed by atoms with Crippen molar-refractivity contribution in [1.29, 1.82) is 0 Å². The van der Waals surface area contributed by atoms with Crippen LogP contribution in [-0.4, -0.2) is 30.4 Å². The molecule has 0 saturated carbocycles. The standard InChI is InChI=1S/C19H20ClN3O3/c1-26-15-5-2-12(3-6-15)10-23-11-13(8-18(23)24)19(25)22-14-4-7-17(21)16(20)9-14/h2-7,9,13H,8,10-11,21H2,1H3,(H,22,25). The molecular formula is C19H20ClN3O3. The Labute approximate surface area is 156 Å². The van der Waals surface area contributed by atoms with Crippen molar-refractivity contribution in [3.63, 3.8) is 0 Å². The highest BCUT2D eigenvalue weighted by molar-refractivity contribution is 6.33. The first-order chi connectivity index (χ1) is 12.5. The molecule has 0 radical (unpaired) electrons. The molecule has 3 rings (SSSR count). The largest absolute Gasteiger partial charge is 0.497 e. The first-order valence-electron chi connectivity index (χ1n) is 8.23. The van der Waals surface area contributed by atoms with Crippen molar-refractivity contribution >= 4 is 34.8 Å². The second kappa shape index (κ2) is 7.66. The molecule has 6 nitrogen and oxygen atoms in total. The Balaban J connectivity index is 1.60.